The second kappa shape index (κ2) is 3.44. The van der Waals surface area contributed by atoms with Crippen LogP contribution in [-0.2, 0) is 19.3 Å². The number of hydrogen-bond acceptors (Lipinski definition) is 2. The molecular weight excluding hydrogens is 200 g/mol. The number of pyridine rings is 2. The zero-order chi connectivity index (χ0) is 11.1. The number of aromatic amines is 1. The van der Waals surface area contributed by atoms with Gasteiger partial charge in [-0.05, 0) is 42.9 Å². The highest BCUT2D eigenvalue weighted by Gasteiger charge is 2.18. The molecule has 0 fully saturated rings. The molecule has 0 saturated carbocycles. The molecule has 0 bridgehead atoms. The predicted molar refractivity (Wildman–Crippen MR) is 63.8 cm³/mol. The summed E-state index contributed by atoms with van der Waals surface area (Å²) in [5.74, 6) is 0. The Hall–Kier alpha value is -1.64. The third-order valence-electron chi connectivity index (χ3n) is 3.38. The van der Waals surface area contributed by atoms with Crippen molar-refractivity contribution in [2.75, 3.05) is 0 Å². The van der Waals surface area contributed by atoms with Crippen LogP contribution in [0.2, 0.25) is 0 Å². The standard InChI is InChI=1S/C13H14N2O/c1-2-8-6-11-12(14-7-8)9-4-3-5-10(9)13(16)15-11/h6-7H,2-5H2,1H3,(H,15,16). The Morgan fingerprint density at radius 2 is 2.19 bits per heavy atom. The van der Waals surface area contributed by atoms with E-state index in [1.165, 1.54) is 11.1 Å². The van der Waals surface area contributed by atoms with E-state index < -0.39 is 0 Å². The molecule has 16 heavy (non-hydrogen) atoms. The molecule has 0 unspecified atom stereocenters. The summed E-state index contributed by atoms with van der Waals surface area (Å²) in [6.07, 6.45) is 5.84. The van der Waals surface area contributed by atoms with Crippen LogP contribution in [0.5, 0.6) is 0 Å². The lowest BCUT2D eigenvalue weighted by atomic mass is 10.1. The third kappa shape index (κ3) is 1.28. The van der Waals surface area contributed by atoms with Crippen molar-refractivity contribution in [1.82, 2.24) is 9.97 Å². The number of nitrogens with one attached hydrogen (secondary N) is 1. The molecule has 0 radical (unpaired) electrons. The molecular formula is C13H14N2O. The van der Waals surface area contributed by atoms with Crippen molar-refractivity contribution < 1.29 is 0 Å². The van der Waals surface area contributed by atoms with E-state index >= 15 is 0 Å². The number of aromatic nitrogens is 2. The fourth-order valence-electron chi connectivity index (χ4n) is 2.49. The summed E-state index contributed by atoms with van der Waals surface area (Å²) in [5.41, 5.74) is 5.25. The largest absolute Gasteiger partial charge is 0.320 e. The molecule has 2 heterocycles. The average Bonchev–Trinajstić information content (AvgIpc) is 2.78. The molecule has 2 aromatic rings. The smallest absolute Gasteiger partial charge is 0.251 e. The first-order chi connectivity index (χ1) is 7.79. The van der Waals surface area contributed by atoms with Gasteiger partial charge in [0.05, 0.1) is 11.0 Å². The molecule has 3 heteroatoms. The normalized spacial score (nSPS) is 14.3. The number of nitrogens with zero attached hydrogens (tertiary/aromatic N) is 1. The molecule has 82 valence electrons. The van der Waals surface area contributed by atoms with Gasteiger partial charge in [0.2, 0.25) is 0 Å². The summed E-state index contributed by atoms with van der Waals surface area (Å²) in [6.45, 7) is 2.09. The van der Waals surface area contributed by atoms with Gasteiger partial charge in [-0.3, -0.25) is 9.78 Å². The van der Waals surface area contributed by atoms with Gasteiger partial charge in [-0.15, -0.1) is 0 Å². The molecule has 1 aliphatic carbocycles. The SMILES string of the molecule is CCc1cnc2c3c(c(=O)[nH]c2c1)CCC3. The quantitative estimate of drug-likeness (QED) is 0.788. The van der Waals surface area contributed by atoms with Gasteiger partial charge in [0.25, 0.3) is 5.56 Å². The fraction of sp³-hybridized carbons (Fsp3) is 0.385. The van der Waals surface area contributed by atoms with Crippen LogP contribution < -0.4 is 5.56 Å². The molecule has 2 aromatic heterocycles. The van der Waals surface area contributed by atoms with Gasteiger partial charge in [-0.25, -0.2) is 0 Å². The van der Waals surface area contributed by atoms with E-state index in [0.29, 0.717) is 0 Å². The van der Waals surface area contributed by atoms with E-state index in [2.05, 4.69) is 16.9 Å². The van der Waals surface area contributed by atoms with E-state index in [-0.39, 0.29) is 5.56 Å². The first-order valence-corrected chi connectivity index (χ1v) is 5.82. The Kier molecular flexibility index (Phi) is 2.06. The van der Waals surface area contributed by atoms with Crippen LogP contribution in [0.1, 0.15) is 30.0 Å². The van der Waals surface area contributed by atoms with E-state index in [0.717, 1.165) is 42.3 Å². The summed E-state index contributed by atoms with van der Waals surface area (Å²) in [5, 5.41) is 0. The number of aryl methyl sites for hydroxylation is 2. The Labute approximate surface area is 93.5 Å². The Morgan fingerprint density at radius 3 is 3.00 bits per heavy atom. The van der Waals surface area contributed by atoms with Gasteiger partial charge in [0.1, 0.15) is 0 Å². The topological polar surface area (TPSA) is 45.8 Å². The van der Waals surface area contributed by atoms with Gasteiger partial charge in [-0.1, -0.05) is 6.92 Å². The van der Waals surface area contributed by atoms with E-state index in [4.69, 9.17) is 0 Å². The maximum absolute atomic E-state index is 11.8. The molecule has 0 aromatic carbocycles. The minimum atomic E-state index is 0.0788. The van der Waals surface area contributed by atoms with Gasteiger partial charge < -0.3 is 4.98 Å². The molecule has 0 amide bonds. The first kappa shape index (κ1) is 9.58. The predicted octanol–water partition coefficient (Wildman–Crippen LogP) is 1.97. The average molecular weight is 214 g/mol. The van der Waals surface area contributed by atoms with Crippen LogP contribution in [0, 0.1) is 0 Å². The van der Waals surface area contributed by atoms with Gasteiger partial charge in [0.15, 0.2) is 0 Å². The Balaban J connectivity index is 2.38. The highest BCUT2D eigenvalue weighted by atomic mass is 16.1. The van der Waals surface area contributed by atoms with Crippen LogP contribution in [0.3, 0.4) is 0 Å². The van der Waals surface area contributed by atoms with Gasteiger partial charge in [-0.2, -0.15) is 0 Å². The molecule has 0 saturated heterocycles. The van der Waals surface area contributed by atoms with Crippen LogP contribution in [0.25, 0.3) is 11.0 Å². The number of fused-ring (bicyclic) bond motifs is 3. The van der Waals surface area contributed by atoms with Crippen molar-refractivity contribution in [2.24, 2.45) is 0 Å². The highest BCUT2D eigenvalue weighted by Crippen LogP contribution is 2.24. The van der Waals surface area contributed by atoms with Crippen molar-refractivity contribution in [3.8, 4) is 0 Å². The lowest BCUT2D eigenvalue weighted by Gasteiger charge is -2.05. The zero-order valence-electron chi connectivity index (χ0n) is 9.34. The van der Waals surface area contributed by atoms with E-state index in [9.17, 15) is 4.79 Å². The first-order valence-electron chi connectivity index (χ1n) is 5.82. The summed E-state index contributed by atoms with van der Waals surface area (Å²) in [7, 11) is 0. The van der Waals surface area contributed by atoms with Crippen molar-refractivity contribution in [2.45, 2.75) is 32.6 Å². The monoisotopic (exact) mass is 214 g/mol. The van der Waals surface area contributed by atoms with Crippen LogP contribution in [0.4, 0.5) is 0 Å². The lowest BCUT2D eigenvalue weighted by Crippen LogP contribution is -2.13. The summed E-state index contributed by atoms with van der Waals surface area (Å²) in [6, 6.07) is 2.04. The van der Waals surface area contributed by atoms with Gasteiger partial charge in [0, 0.05) is 11.8 Å². The molecule has 3 rings (SSSR count). The number of rotatable bonds is 1. The third-order valence-corrected chi connectivity index (χ3v) is 3.38. The van der Waals surface area contributed by atoms with Gasteiger partial charge >= 0.3 is 0 Å². The maximum Gasteiger partial charge on any atom is 0.251 e. The number of H-pyrrole nitrogens is 1. The van der Waals surface area contributed by atoms with Crippen molar-refractivity contribution in [3.05, 3.63) is 39.3 Å². The second-order valence-corrected chi connectivity index (χ2v) is 4.36. The van der Waals surface area contributed by atoms with Crippen LogP contribution in [0.15, 0.2) is 17.1 Å². The van der Waals surface area contributed by atoms with E-state index in [1.54, 1.807) is 0 Å². The number of hydrogen-bond donors (Lipinski definition) is 1. The minimum Gasteiger partial charge on any atom is -0.320 e. The Morgan fingerprint density at radius 1 is 1.38 bits per heavy atom. The summed E-state index contributed by atoms with van der Waals surface area (Å²) < 4.78 is 0. The molecule has 1 aliphatic rings. The molecule has 0 atom stereocenters. The van der Waals surface area contributed by atoms with Crippen LogP contribution in [-0.4, -0.2) is 9.97 Å². The van der Waals surface area contributed by atoms with E-state index in [1.807, 2.05) is 12.3 Å². The molecule has 0 spiro atoms. The Bertz CT molecular complexity index is 613. The maximum atomic E-state index is 11.8. The molecule has 1 N–H and O–H groups in total. The summed E-state index contributed by atoms with van der Waals surface area (Å²) in [4.78, 5) is 19.3. The zero-order valence-corrected chi connectivity index (χ0v) is 9.34. The van der Waals surface area contributed by atoms with Crippen molar-refractivity contribution >= 4 is 11.0 Å². The molecule has 0 aliphatic heterocycles. The van der Waals surface area contributed by atoms with Crippen molar-refractivity contribution in [1.29, 1.82) is 0 Å². The van der Waals surface area contributed by atoms with Crippen LogP contribution >= 0.6 is 0 Å². The fourth-order valence-corrected chi connectivity index (χ4v) is 2.49. The summed E-state index contributed by atoms with van der Waals surface area (Å²) >= 11 is 0. The minimum absolute atomic E-state index is 0.0788. The van der Waals surface area contributed by atoms with Crippen molar-refractivity contribution in [3.63, 3.8) is 0 Å². The highest BCUT2D eigenvalue weighted by molar-refractivity contribution is 5.79. The second-order valence-electron chi connectivity index (χ2n) is 4.36. The molecule has 3 nitrogen and oxygen atoms in total. The lowest BCUT2D eigenvalue weighted by molar-refractivity contribution is 0.908.